The van der Waals surface area contributed by atoms with E-state index < -0.39 is 5.91 Å². The average molecular weight is 334 g/mol. The van der Waals surface area contributed by atoms with Crippen LogP contribution in [0.25, 0.3) is 0 Å². The summed E-state index contributed by atoms with van der Waals surface area (Å²) in [6.07, 6.45) is 2.30. The Bertz CT molecular complexity index is 712. The molecule has 0 aliphatic heterocycles. The molecule has 0 bridgehead atoms. The smallest absolute Gasteiger partial charge is 0.258 e. The van der Waals surface area contributed by atoms with Gasteiger partial charge >= 0.3 is 0 Å². The Kier molecular flexibility index (Phi) is 4.39. The number of primary amides is 1. The standard InChI is InChI=1S/C14H14N4O2S2/c15-11(19)7-21-10-4-2-1-3-9(10)12(20)16-14-18-17-13(22-14)8-5-6-8/h1-4,8H,5-7H2,(H2,15,19)(H,16,18,20). The van der Waals surface area contributed by atoms with E-state index in [1.165, 1.54) is 23.1 Å². The van der Waals surface area contributed by atoms with Crippen LogP contribution in [0.1, 0.15) is 34.1 Å². The first kappa shape index (κ1) is 15.0. The Labute approximate surface area is 135 Å². The SMILES string of the molecule is NC(=O)CSc1ccccc1C(=O)Nc1nnc(C2CC2)s1. The van der Waals surface area contributed by atoms with Crippen molar-refractivity contribution in [3.05, 3.63) is 34.8 Å². The van der Waals surface area contributed by atoms with Gasteiger partial charge < -0.3 is 5.73 Å². The van der Waals surface area contributed by atoms with Crippen LogP contribution in [0.3, 0.4) is 0 Å². The minimum Gasteiger partial charge on any atom is -0.369 e. The number of aromatic nitrogens is 2. The third kappa shape index (κ3) is 3.63. The van der Waals surface area contributed by atoms with E-state index in [9.17, 15) is 9.59 Å². The molecule has 22 heavy (non-hydrogen) atoms. The molecular formula is C14H14N4O2S2. The highest BCUT2D eigenvalue weighted by Crippen LogP contribution is 2.42. The highest BCUT2D eigenvalue weighted by atomic mass is 32.2. The molecule has 1 heterocycles. The minimum absolute atomic E-state index is 0.134. The highest BCUT2D eigenvalue weighted by Gasteiger charge is 2.27. The largest absolute Gasteiger partial charge is 0.369 e. The van der Waals surface area contributed by atoms with Gasteiger partial charge in [-0.2, -0.15) is 0 Å². The Balaban J connectivity index is 1.71. The first-order valence-corrected chi connectivity index (χ1v) is 8.58. The topological polar surface area (TPSA) is 98.0 Å². The summed E-state index contributed by atoms with van der Waals surface area (Å²) < 4.78 is 0. The van der Waals surface area contributed by atoms with E-state index in [0.717, 1.165) is 17.8 Å². The predicted octanol–water partition coefficient (Wildman–Crippen LogP) is 2.25. The zero-order chi connectivity index (χ0) is 15.5. The summed E-state index contributed by atoms with van der Waals surface area (Å²) in [5.74, 6) is -0.0272. The Morgan fingerprint density at radius 2 is 2.09 bits per heavy atom. The van der Waals surface area contributed by atoms with Crippen LogP contribution in [-0.4, -0.2) is 27.8 Å². The van der Waals surface area contributed by atoms with Crippen molar-refractivity contribution in [3.8, 4) is 0 Å². The van der Waals surface area contributed by atoms with Gasteiger partial charge in [-0.3, -0.25) is 14.9 Å². The van der Waals surface area contributed by atoms with Crippen molar-refractivity contribution in [2.75, 3.05) is 11.1 Å². The molecule has 0 unspecified atom stereocenters. The molecule has 1 aromatic heterocycles. The van der Waals surface area contributed by atoms with E-state index in [1.54, 1.807) is 18.2 Å². The molecule has 2 aromatic rings. The van der Waals surface area contributed by atoms with Gasteiger partial charge in [-0.1, -0.05) is 23.5 Å². The number of hydrogen-bond acceptors (Lipinski definition) is 6. The molecule has 0 spiro atoms. The van der Waals surface area contributed by atoms with Crippen LogP contribution >= 0.6 is 23.1 Å². The van der Waals surface area contributed by atoms with Crippen molar-refractivity contribution in [2.45, 2.75) is 23.7 Å². The van der Waals surface area contributed by atoms with Crippen LogP contribution in [0.2, 0.25) is 0 Å². The summed E-state index contributed by atoms with van der Waals surface area (Å²) in [5.41, 5.74) is 5.65. The molecule has 3 rings (SSSR count). The Hall–Kier alpha value is -1.93. The Morgan fingerprint density at radius 3 is 2.82 bits per heavy atom. The second kappa shape index (κ2) is 6.45. The van der Waals surface area contributed by atoms with E-state index in [0.29, 0.717) is 21.5 Å². The third-order valence-electron chi connectivity index (χ3n) is 3.09. The number of anilines is 1. The van der Waals surface area contributed by atoms with Crippen molar-refractivity contribution in [1.29, 1.82) is 0 Å². The summed E-state index contributed by atoms with van der Waals surface area (Å²) >= 11 is 2.66. The maximum atomic E-state index is 12.4. The second-order valence-electron chi connectivity index (χ2n) is 4.92. The van der Waals surface area contributed by atoms with Crippen LogP contribution in [0.4, 0.5) is 5.13 Å². The van der Waals surface area contributed by atoms with Crippen molar-refractivity contribution in [3.63, 3.8) is 0 Å². The van der Waals surface area contributed by atoms with Crippen LogP contribution in [0, 0.1) is 0 Å². The van der Waals surface area contributed by atoms with Crippen LogP contribution in [0.15, 0.2) is 29.2 Å². The van der Waals surface area contributed by atoms with E-state index in [2.05, 4.69) is 15.5 Å². The number of nitrogens with zero attached hydrogens (tertiary/aromatic N) is 2. The Morgan fingerprint density at radius 1 is 1.32 bits per heavy atom. The van der Waals surface area contributed by atoms with Crippen molar-refractivity contribution in [2.24, 2.45) is 5.73 Å². The van der Waals surface area contributed by atoms with E-state index in [-0.39, 0.29) is 11.7 Å². The molecule has 114 valence electrons. The monoisotopic (exact) mass is 334 g/mol. The quantitative estimate of drug-likeness (QED) is 0.790. The van der Waals surface area contributed by atoms with Crippen molar-refractivity contribution in [1.82, 2.24) is 10.2 Å². The van der Waals surface area contributed by atoms with Gasteiger partial charge in [0.1, 0.15) is 5.01 Å². The molecule has 1 aliphatic rings. The molecule has 3 N–H and O–H groups in total. The third-order valence-corrected chi connectivity index (χ3v) is 5.19. The van der Waals surface area contributed by atoms with Gasteiger partial charge in [0.15, 0.2) is 0 Å². The molecule has 0 saturated heterocycles. The summed E-state index contributed by atoms with van der Waals surface area (Å²) in [6, 6.07) is 7.09. The number of hydrogen-bond donors (Lipinski definition) is 2. The van der Waals surface area contributed by atoms with E-state index in [4.69, 9.17) is 5.73 Å². The maximum Gasteiger partial charge on any atom is 0.258 e. The summed E-state index contributed by atoms with van der Waals surface area (Å²) in [4.78, 5) is 24.0. The number of amides is 2. The molecule has 1 aromatic carbocycles. The summed E-state index contributed by atoms with van der Waals surface area (Å²) in [6.45, 7) is 0. The lowest BCUT2D eigenvalue weighted by molar-refractivity contribution is -0.115. The van der Waals surface area contributed by atoms with Crippen molar-refractivity contribution < 1.29 is 9.59 Å². The maximum absolute atomic E-state index is 12.4. The van der Waals surface area contributed by atoms with Gasteiger partial charge in [-0.05, 0) is 25.0 Å². The van der Waals surface area contributed by atoms with Crippen molar-refractivity contribution >= 4 is 40.0 Å². The number of carbonyl (C=O) groups excluding carboxylic acids is 2. The van der Waals surface area contributed by atoms with Gasteiger partial charge in [0.05, 0.1) is 11.3 Å². The van der Waals surface area contributed by atoms with Crippen LogP contribution < -0.4 is 11.1 Å². The lowest BCUT2D eigenvalue weighted by Crippen LogP contribution is -2.15. The first-order valence-electron chi connectivity index (χ1n) is 6.78. The van der Waals surface area contributed by atoms with Crippen LogP contribution in [0.5, 0.6) is 0 Å². The van der Waals surface area contributed by atoms with Gasteiger partial charge in [0.25, 0.3) is 5.91 Å². The number of rotatable bonds is 6. The second-order valence-corrected chi connectivity index (χ2v) is 6.95. The van der Waals surface area contributed by atoms with Gasteiger partial charge in [-0.25, -0.2) is 0 Å². The summed E-state index contributed by atoms with van der Waals surface area (Å²) in [7, 11) is 0. The normalized spacial score (nSPS) is 13.8. The lowest BCUT2D eigenvalue weighted by atomic mass is 10.2. The first-order chi connectivity index (χ1) is 10.6. The number of nitrogens with two attached hydrogens (primary N) is 1. The fraction of sp³-hybridized carbons (Fsp3) is 0.286. The van der Waals surface area contributed by atoms with Gasteiger partial charge in [0, 0.05) is 10.8 Å². The number of nitrogens with one attached hydrogen (secondary N) is 1. The lowest BCUT2D eigenvalue weighted by Gasteiger charge is -2.07. The predicted molar refractivity (Wildman–Crippen MR) is 86.2 cm³/mol. The minimum atomic E-state index is -0.418. The van der Waals surface area contributed by atoms with E-state index in [1.807, 2.05) is 6.07 Å². The molecule has 1 aliphatic carbocycles. The zero-order valence-electron chi connectivity index (χ0n) is 11.6. The zero-order valence-corrected chi connectivity index (χ0v) is 13.2. The average Bonchev–Trinajstić information content (AvgIpc) is 3.26. The number of thioether (sulfide) groups is 1. The van der Waals surface area contributed by atoms with Crippen LogP contribution in [-0.2, 0) is 4.79 Å². The molecule has 6 nitrogen and oxygen atoms in total. The number of benzene rings is 1. The molecule has 1 fully saturated rings. The van der Waals surface area contributed by atoms with Gasteiger partial charge in [-0.15, -0.1) is 22.0 Å². The molecule has 8 heteroatoms. The fourth-order valence-corrected chi connectivity index (χ4v) is 3.57. The molecular weight excluding hydrogens is 320 g/mol. The fourth-order valence-electron chi connectivity index (χ4n) is 1.87. The highest BCUT2D eigenvalue weighted by molar-refractivity contribution is 8.00. The molecule has 1 saturated carbocycles. The molecule has 0 atom stereocenters. The molecule has 0 radical (unpaired) electrons. The molecule has 2 amide bonds. The summed E-state index contributed by atoms with van der Waals surface area (Å²) in [5, 5.41) is 12.3. The number of carbonyl (C=O) groups is 2. The van der Waals surface area contributed by atoms with Gasteiger partial charge in [0.2, 0.25) is 11.0 Å². The van der Waals surface area contributed by atoms with E-state index >= 15 is 0 Å².